The van der Waals surface area contributed by atoms with Gasteiger partial charge in [0.05, 0.1) is 4.92 Å². The van der Waals surface area contributed by atoms with E-state index in [1.54, 1.807) is 24.4 Å². The summed E-state index contributed by atoms with van der Waals surface area (Å²) >= 11 is 0. The first-order valence-corrected chi connectivity index (χ1v) is 6.50. The highest BCUT2D eigenvalue weighted by Crippen LogP contribution is 2.23. The van der Waals surface area contributed by atoms with E-state index in [9.17, 15) is 15.4 Å². The van der Waals surface area contributed by atoms with Gasteiger partial charge in [0, 0.05) is 23.9 Å². The molecule has 0 aliphatic rings. The standard InChI is InChI=1S/C15H8N6O2/c16-9-13-14(10-4-6-11(7-5-10)21(22)23)19-20-15(18-13)12-3-1-2-8-17-12/h1-8H. The number of pyridine rings is 1. The lowest BCUT2D eigenvalue weighted by Gasteiger charge is -2.04. The van der Waals surface area contributed by atoms with Crippen molar-refractivity contribution in [1.29, 1.82) is 5.26 Å². The fourth-order valence-electron chi connectivity index (χ4n) is 1.94. The second-order valence-electron chi connectivity index (χ2n) is 4.46. The predicted octanol–water partition coefficient (Wildman–Crippen LogP) is 2.38. The largest absolute Gasteiger partial charge is 0.269 e. The minimum absolute atomic E-state index is 0.0433. The van der Waals surface area contributed by atoms with E-state index in [4.69, 9.17) is 0 Å². The molecule has 1 aromatic carbocycles. The van der Waals surface area contributed by atoms with Crippen molar-refractivity contribution < 1.29 is 4.92 Å². The molecular formula is C15H8N6O2. The molecule has 3 aromatic rings. The Kier molecular flexibility index (Phi) is 3.68. The van der Waals surface area contributed by atoms with Crippen LogP contribution in [0.25, 0.3) is 22.8 Å². The predicted molar refractivity (Wildman–Crippen MR) is 79.9 cm³/mol. The molecule has 0 saturated heterocycles. The average Bonchev–Trinajstić information content (AvgIpc) is 2.62. The molecule has 0 radical (unpaired) electrons. The first-order valence-electron chi connectivity index (χ1n) is 6.50. The molecule has 0 fully saturated rings. The monoisotopic (exact) mass is 304 g/mol. The number of benzene rings is 1. The van der Waals surface area contributed by atoms with E-state index in [0.717, 1.165) is 0 Å². The van der Waals surface area contributed by atoms with Crippen molar-refractivity contribution in [3.63, 3.8) is 0 Å². The zero-order valence-electron chi connectivity index (χ0n) is 11.6. The number of non-ortho nitro benzene ring substituents is 1. The number of nitriles is 1. The molecule has 0 atom stereocenters. The van der Waals surface area contributed by atoms with Crippen LogP contribution in [0.1, 0.15) is 5.69 Å². The molecule has 2 heterocycles. The number of aromatic nitrogens is 4. The second kappa shape index (κ2) is 5.95. The third-order valence-corrected chi connectivity index (χ3v) is 3.04. The summed E-state index contributed by atoms with van der Waals surface area (Å²) in [4.78, 5) is 18.5. The SMILES string of the molecule is N#Cc1nc(-c2ccccn2)nnc1-c1ccc([N+](=O)[O-])cc1. The number of hydrogen-bond acceptors (Lipinski definition) is 7. The third-order valence-electron chi connectivity index (χ3n) is 3.04. The van der Waals surface area contributed by atoms with Crippen molar-refractivity contribution in [1.82, 2.24) is 20.2 Å². The second-order valence-corrected chi connectivity index (χ2v) is 4.46. The van der Waals surface area contributed by atoms with Crippen molar-refractivity contribution in [2.75, 3.05) is 0 Å². The maximum atomic E-state index is 10.7. The van der Waals surface area contributed by atoms with Gasteiger partial charge in [0.15, 0.2) is 5.69 Å². The lowest BCUT2D eigenvalue weighted by molar-refractivity contribution is -0.384. The molecule has 0 unspecified atom stereocenters. The Labute approximate surface area is 130 Å². The van der Waals surface area contributed by atoms with E-state index in [0.29, 0.717) is 11.3 Å². The van der Waals surface area contributed by atoms with Crippen molar-refractivity contribution >= 4 is 5.69 Å². The van der Waals surface area contributed by atoms with Gasteiger partial charge in [-0.25, -0.2) is 4.98 Å². The molecular weight excluding hydrogens is 296 g/mol. The Bertz CT molecular complexity index is 904. The summed E-state index contributed by atoms with van der Waals surface area (Å²) < 4.78 is 0. The molecule has 0 bridgehead atoms. The van der Waals surface area contributed by atoms with Gasteiger partial charge in [0.2, 0.25) is 5.82 Å². The van der Waals surface area contributed by atoms with Crippen LogP contribution in [-0.4, -0.2) is 25.1 Å². The Morgan fingerprint density at radius 2 is 1.87 bits per heavy atom. The van der Waals surface area contributed by atoms with Crippen molar-refractivity contribution in [2.45, 2.75) is 0 Å². The topological polar surface area (TPSA) is 118 Å². The molecule has 0 amide bonds. The summed E-state index contributed by atoms with van der Waals surface area (Å²) in [5.74, 6) is 0.243. The number of rotatable bonds is 3. The quantitative estimate of drug-likeness (QED) is 0.538. The van der Waals surface area contributed by atoms with E-state index in [2.05, 4.69) is 20.2 Å². The average molecular weight is 304 g/mol. The van der Waals surface area contributed by atoms with Gasteiger partial charge in [0.1, 0.15) is 17.5 Å². The smallest absolute Gasteiger partial charge is 0.258 e. The Balaban J connectivity index is 2.04. The third kappa shape index (κ3) is 2.84. The maximum Gasteiger partial charge on any atom is 0.269 e. The summed E-state index contributed by atoms with van der Waals surface area (Å²) in [5.41, 5.74) is 1.33. The first-order chi connectivity index (χ1) is 11.2. The van der Waals surface area contributed by atoms with Crippen LogP contribution in [0.5, 0.6) is 0 Å². The minimum Gasteiger partial charge on any atom is -0.258 e. The number of nitro benzene ring substituents is 1. The van der Waals surface area contributed by atoms with Crippen LogP contribution in [0, 0.1) is 21.4 Å². The molecule has 0 N–H and O–H groups in total. The summed E-state index contributed by atoms with van der Waals surface area (Å²) in [6.07, 6.45) is 1.59. The fourth-order valence-corrected chi connectivity index (χ4v) is 1.94. The van der Waals surface area contributed by atoms with Gasteiger partial charge in [-0.15, -0.1) is 10.2 Å². The van der Waals surface area contributed by atoms with Crippen LogP contribution >= 0.6 is 0 Å². The lowest BCUT2D eigenvalue weighted by atomic mass is 10.1. The highest BCUT2D eigenvalue weighted by molar-refractivity contribution is 5.66. The van der Waals surface area contributed by atoms with E-state index in [1.807, 2.05) is 6.07 Å². The highest BCUT2D eigenvalue weighted by atomic mass is 16.6. The summed E-state index contributed by atoms with van der Waals surface area (Å²) in [6.45, 7) is 0. The fraction of sp³-hybridized carbons (Fsp3) is 0. The van der Waals surface area contributed by atoms with Crippen molar-refractivity contribution in [3.8, 4) is 28.8 Å². The molecule has 23 heavy (non-hydrogen) atoms. The van der Waals surface area contributed by atoms with E-state index >= 15 is 0 Å². The molecule has 0 spiro atoms. The van der Waals surface area contributed by atoms with Gasteiger partial charge in [0.25, 0.3) is 5.69 Å². The van der Waals surface area contributed by atoms with E-state index in [-0.39, 0.29) is 22.9 Å². The van der Waals surface area contributed by atoms with Gasteiger partial charge in [-0.1, -0.05) is 6.07 Å². The van der Waals surface area contributed by atoms with Crippen LogP contribution < -0.4 is 0 Å². The minimum atomic E-state index is -0.497. The Morgan fingerprint density at radius 1 is 1.09 bits per heavy atom. The molecule has 8 heteroatoms. The van der Waals surface area contributed by atoms with Crippen LogP contribution in [-0.2, 0) is 0 Å². The molecule has 110 valence electrons. The van der Waals surface area contributed by atoms with Crippen LogP contribution in [0.4, 0.5) is 5.69 Å². The number of nitro groups is 1. The van der Waals surface area contributed by atoms with Crippen molar-refractivity contribution in [3.05, 3.63) is 64.5 Å². The molecule has 3 rings (SSSR count). The summed E-state index contributed by atoms with van der Waals surface area (Å²) in [5, 5.41) is 28.0. The summed E-state index contributed by atoms with van der Waals surface area (Å²) in [6, 6.07) is 12.9. The Morgan fingerprint density at radius 3 is 2.48 bits per heavy atom. The lowest BCUT2D eigenvalue weighted by Crippen LogP contribution is -2.01. The zero-order valence-corrected chi connectivity index (χ0v) is 11.6. The van der Waals surface area contributed by atoms with Gasteiger partial charge >= 0.3 is 0 Å². The van der Waals surface area contributed by atoms with Crippen LogP contribution in [0.2, 0.25) is 0 Å². The zero-order chi connectivity index (χ0) is 16.2. The van der Waals surface area contributed by atoms with Crippen molar-refractivity contribution in [2.24, 2.45) is 0 Å². The van der Waals surface area contributed by atoms with Crippen LogP contribution in [0.15, 0.2) is 48.7 Å². The van der Waals surface area contributed by atoms with E-state index < -0.39 is 4.92 Å². The van der Waals surface area contributed by atoms with Gasteiger partial charge in [-0.05, 0) is 24.3 Å². The molecule has 0 aliphatic heterocycles. The normalized spacial score (nSPS) is 10.0. The summed E-state index contributed by atoms with van der Waals surface area (Å²) in [7, 11) is 0. The van der Waals surface area contributed by atoms with E-state index in [1.165, 1.54) is 24.3 Å². The van der Waals surface area contributed by atoms with Gasteiger partial charge in [-0.3, -0.25) is 15.1 Å². The molecule has 0 aliphatic carbocycles. The molecule has 2 aromatic heterocycles. The first kappa shape index (κ1) is 14.2. The van der Waals surface area contributed by atoms with Crippen LogP contribution in [0.3, 0.4) is 0 Å². The Hall–Kier alpha value is -3.73. The number of hydrogen-bond donors (Lipinski definition) is 0. The molecule has 0 saturated carbocycles. The number of nitrogens with zero attached hydrogens (tertiary/aromatic N) is 6. The maximum absolute atomic E-state index is 10.7. The highest BCUT2D eigenvalue weighted by Gasteiger charge is 2.14. The van der Waals surface area contributed by atoms with Gasteiger partial charge < -0.3 is 0 Å². The molecule has 8 nitrogen and oxygen atoms in total. The van der Waals surface area contributed by atoms with Gasteiger partial charge in [-0.2, -0.15) is 5.26 Å².